The molecule has 2 aromatic rings. The van der Waals surface area contributed by atoms with E-state index in [0.717, 1.165) is 23.2 Å². The van der Waals surface area contributed by atoms with Crippen LogP contribution in [-0.2, 0) is 5.66 Å². The number of hydrogen-bond donors (Lipinski definition) is 1. The van der Waals surface area contributed by atoms with E-state index in [-0.39, 0.29) is 5.91 Å². The van der Waals surface area contributed by atoms with Crippen molar-refractivity contribution in [1.82, 2.24) is 4.90 Å². The highest BCUT2D eigenvalue weighted by atomic mass is 16.2. The van der Waals surface area contributed by atoms with Crippen LogP contribution in [0.2, 0.25) is 0 Å². The van der Waals surface area contributed by atoms with E-state index in [1.807, 2.05) is 59.5 Å². The Hall–Kier alpha value is -2.13. The van der Waals surface area contributed by atoms with Gasteiger partial charge in [0, 0.05) is 17.7 Å². The normalized spacial score (nSPS) is 24.2. The molecule has 1 unspecified atom stereocenters. The van der Waals surface area contributed by atoms with Gasteiger partial charge >= 0.3 is 0 Å². The molecule has 1 aliphatic heterocycles. The van der Waals surface area contributed by atoms with Gasteiger partial charge in [0.25, 0.3) is 5.91 Å². The molecule has 2 aliphatic rings. The minimum absolute atomic E-state index is 0.0718. The number of amides is 1. The second-order valence-corrected chi connectivity index (χ2v) is 7.10. The highest BCUT2D eigenvalue weighted by Crippen LogP contribution is 2.41. The van der Waals surface area contributed by atoms with Crippen LogP contribution in [0.25, 0.3) is 0 Å². The van der Waals surface area contributed by atoms with Crippen LogP contribution < -0.4 is 5.73 Å². The molecule has 2 aromatic carbocycles. The monoisotopic (exact) mass is 320 g/mol. The van der Waals surface area contributed by atoms with E-state index in [0.29, 0.717) is 5.92 Å². The van der Waals surface area contributed by atoms with Gasteiger partial charge in [0.15, 0.2) is 0 Å². The van der Waals surface area contributed by atoms with Crippen LogP contribution >= 0.6 is 0 Å². The maximum absolute atomic E-state index is 13.1. The lowest BCUT2D eigenvalue weighted by atomic mass is 9.87. The average molecular weight is 320 g/mol. The Morgan fingerprint density at radius 3 is 2.38 bits per heavy atom. The minimum atomic E-state index is -0.855. The highest BCUT2D eigenvalue weighted by molar-refractivity contribution is 6.00. The lowest BCUT2D eigenvalue weighted by Crippen LogP contribution is -2.53. The molecule has 3 nitrogen and oxygen atoms in total. The van der Waals surface area contributed by atoms with Gasteiger partial charge in [-0.1, -0.05) is 67.8 Å². The highest BCUT2D eigenvalue weighted by Gasteiger charge is 2.48. The number of fused-ring (bicyclic) bond motifs is 1. The second-order valence-electron chi connectivity index (χ2n) is 7.10. The average Bonchev–Trinajstić information content (AvgIpc) is 2.87. The molecule has 1 saturated carbocycles. The molecule has 1 heterocycles. The third kappa shape index (κ3) is 2.35. The molecule has 0 aromatic heterocycles. The summed E-state index contributed by atoms with van der Waals surface area (Å²) in [7, 11) is 0. The quantitative estimate of drug-likeness (QED) is 0.933. The van der Waals surface area contributed by atoms with Gasteiger partial charge in [0.2, 0.25) is 0 Å². The largest absolute Gasteiger partial charge is 0.312 e. The summed E-state index contributed by atoms with van der Waals surface area (Å²) in [4.78, 5) is 15.0. The van der Waals surface area contributed by atoms with Crippen LogP contribution in [0.4, 0.5) is 0 Å². The van der Waals surface area contributed by atoms with Crippen LogP contribution in [0.1, 0.15) is 53.6 Å². The Balaban J connectivity index is 1.78. The van der Waals surface area contributed by atoms with Crippen molar-refractivity contribution in [1.29, 1.82) is 0 Å². The Labute approximate surface area is 143 Å². The first-order valence-electron chi connectivity index (χ1n) is 8.97. The number of nitrogens with zero attached hydrogens (tertiary/aromatic N) is 1. The van der Waals surface area contributed by atoms with E-state index in [1.165, 1.54) is 32.1 Å². The summed E-state index contributed by atoms with van der Waals surface area (Å²) in [5.41, 5.74) is 8.76. The summed E-state index contributed by atoms with van der Waals surface area (Å²) < 4.78 is 0. The van der Waals surface area contributed by atoms with Gasteiger partial charge in [-0.15, -0.1) is 0 Å². The van der Waals surface area contributed by atoms with Crippen LogP contribution in [0.3, 0.4) is 0 Å². The first-order chi connectivity index (χ1) is 11.7. The molecule has 0 bridgehead atoms. The smallest absolute Gasteiger partial charge is 0.256 e. The molecular formula is C21H24N2O. The first kappa shape index (κ1) is 15.4. The van der Waals surface area contributed by atoms with E-state index in [2.05, 4.69) is 0 Å². The molecule has 4 rings (SSSR count). The standard InChI is InChI=1S/C21H24N2O/c22-21(17-11-5-2-6-12-17)19-14-8-7-13-18(19)20(24)23(21)15-16-9-3-1-4-10-16/h2,5-8,11-14,16H,1,3-4,9-10,15,22H2. The Kier molecular flexibility index (Phi) is 3.89. The van der Waals surface area contributed by atoms with Crippen molar-refractivity contribution < 1.29 is 4.79 Å². The number of nitrogens with two attached hydrogens (primary N) is 1. The zero-order valence-electron chi connectivity index (χ0n) is 13.9. The van der Waals surface area contributed by atoms with Gasteiger partial charge in [0.05, 0.1) is 0 Å². The molecule has 0 spiro atoms. The lowest BCUT2D eigenvalue weighted by molar-refractivity contribution is 0.0562. The van der Waals surface area contributed by atoms with E-state index in [4.69, 9.17) is 5.73 Å². The van der Waals surface area contributed by atoms with Gasteiger partial charge in [-0.3, -0.25) is 4.79 Å². The van der Waals surface area contributed by atoms with Gasteiger partial charge in [-0.25, -0.2) is 0 Å². The fourth-order valence-corrected chi connectivity index (χ4v) is 4.31. The maximum atomic E-state index is 13.1. The van der Waals surface area contributed by atoms with Crippen molar-refractivity contribution in [3.05, 3.63) is 71.3 Å². The molecule has 3 heteroatoms. The number of benzene rings is 2. The molecule has 0 saturated heterocycles. The van der Waals surface area contributed by atoms with E-state index in [1.54, 1.807) is 0 Å². The topological polar surface area (TPSA) is 46.3 Å². The van der Waals surface area contributed by atoms with Gasteiger partial charge in [-0.2, -0.15) is 0 Å². The molecule has 124 valence electrons. The molecular weight excluding hydrogens is 296 g/mol. The van der Waals surface area contributed by atoms with Gasteiger partial charge in [0.1, 0.15) is 5.66 Å². The predicted molar refractivity (Wildman–Crippen MR) is 95.5 cm³/mol. The molecule has 2 N–H and O–H groups in total. The fourth-order valence-electron chi connectivity index (χ4n) is 4.31. The van der Waals surface area contributed by atoms with Crippen molar-refractivity contribution in [3.63, 3.8) is 0 Å². The Morgan fingerprint density at radius 2 is 1.62 bits per heavy atom. The number of carbonyl (C=O) groups excluding carboxylic acids is 1. The molecule has 1 aliphatic carbocycles. The van der Waals surface area contributed by atoms with Crippen molar-refractivity contribution in [2.24, 2.45) is 11.7 Å². The molecule has 1 amide bonds. The van der Waals surface area contributed by atoms with Crippen molar-refractivity contribution in [2.45, 2.75) is 37.8 Å². The second kappa shape index (κ2) is 6.06. The summed E-state index contributed by atoms with van der Waals surface area (Å²) in [6.45, 7) is 0.749. The molecule has 1 atom stereocenters. The van der Waals surface area contributed by atoms with Crippen molar-refractivity contribution in [2.75, 3.05) is 6.54 Å². The number of hydrogen-bond acceptors (Lipinski definition) is 2. The Bertz CT molecular complexity index is 737. The van der Waals surface area contributed by atoms with Crippen molar-refractivity contribution in [3.8, 4) is 0 Å². The summed E-state index contributed by atoms with van der Waals surface area (Å²) in [5.74, 6) is 0.631. The zero-order valence-corrected chi connectivity index (χ0v) is 13.9. The van der Waals surface area contributed by atoms with Crippen LogP contribution in [-0.4, -0.2) is 17.4 Å². The van der Waals surface area contributed by atoms with Gasteiger partial charge < -0.3 is 10.6 Å². The van der Waals surface area contributed by atoms with Crippen LogP contribution in [0.5, 0.6) is 0 Å². The zero-order chi connectivity index (χ0) is 16.6. The lowest BCUT2D eigenvalue weighted by Gasteiger charge is -2.39. The predicted octanol–water partition coefficient (Wildman–Crippen LogP) is 3.88. The molecule has 0 radical (unpaired) electrons. The maximum Gasteiger partial charge on any atom is 0.256 e. The first-order valence-corrected chi connectivity index (χ1v) is 8.97. The third-order valence-corrected chi connectivity index (χ3v) is 5.62. The number of carbonyl (C=O) groups is 1. The van der Waals surface area contributed by atoms with E-state index >= 15 is 0 Å². The van der Waals surface area contributed by atoms with Crippen molar-refractivity contribution >= 4 is 5.91 Å². The minimum Gasteiger partial charge on any atom is -0.312 e. The van der Waals surface area contributed by atoms with Crippen LogP contribution in [0.15, 0.2) is 54.6 Å². The summed E-state index contributed by atoms with van der Waals surface area (Å²) >= 11 is 0. The Morgan fingerprint density at radius 1 is 0.958 bits per heavy atom. The van der Waals surface area contributed by atoms with Crippen LogP contribution in [0, 0.1) is 5.92 Å². The van der Waals surface area contributed by atoms with E-state index in [9.17, 15) is 4.79 Å². The third-order valence-electron chi connectivity index (χ3n) is 5.62. The molecule has 24 heavy (non-hydrogen) atoms. The fraction of sp³-hybridized carbons (Fsp3) is 0.381. The summed E-state index contributed by atoms with van der Waals surface area (Å²) in [6.07, 6.45) is 6.25. The molecule has 1 fully saturated rings. The summed E-state index contributed by atoms with van der Waals surface area (Å²) in [5, 5.41) is 0. The number of rotatable bonds is 3. The summed E-state index contributed by atoms with van der Waals surface area (Å²) in [6, 6.07) is 17.8. The van der Waals surface area contributed by atoms with E-state index < -0.39 is 5.66 Å². The van der Waals surface area contributed by atoms with Gasteiger partial charge in [-0.05, 0) is 30.4 Å². The SMILES string of the molecule is NC1(c2ccccc2)c2ccccc2C(=O)N1CC1CCCCC1.